The molecule has 6 heteroatoms. The van der Waals surface area contributed by atoms with Crippen LogP contribution in [0.3, 0.4) is 0 Å². The summed E-state index contributed by atoms with van der Waals surface area (Å²) in [5.74, 6) is -1.77. The number of carboxylic acid groups (broad SMARTS) is 1. The van der Waals surface area contributed by atoms with Crippen molar-refractivity contribution in [2.45, 2.75) is 26.2 Å². The maximum Gasteiger partial charge on any atom is 0.340 e. The highest BCUT2D eigenvalue weighted by molar-refractivity contribution is 6.00. The van der Waals surface area contributed by atoms with E-state index in [0.29, 0.717) is 18.7 Å². The number of halogens is 1. The molecule has 0 radical (unpaired) electrons. The minimum atomic E-state index is -1.27. The minimum Gasteiger partial charge on any atom is -0.478 e. The predicted molar refractivity (Wildman–Crippen MR) is 76.4 cm³/mol. The van der Waals surface area contributed by atoms with Gasteiger partial charge in [0.2, 0.25) is 0 Å². The van der Waals surface area contributed by atoms with E-state index in [0.717, 1.165) is 18.9 Å². The molecule has 0 aliphatic carbocycles. The summed E-state index contributed by atoms with van der Waals surface area (Å²) in [7, 11) is 0. The van der Waals surface area contributed by atoms with Gasteiger partial charge < -0.3 is 21.3 Å². The van der Waals surface area contributed by atoms with Gasteiger partial charge in [-0.15, -0.1) is 0 Å². The zero-order valence-corrected chi connectivity index (χ0v) is 11.5. The fraction of sp³-hybridized carbons (Fsp3) is 0.500. The Morgan fingerprint density at radius 3 is 2.70 bits per heavy atom. The molecular formula is C14H21FN2O3. The third-order valence-electron chi connectivity index (χ3n) is 3.22. The molecule has 5 nitrogen and oxygen atoms in total. The van der Waals surface area contributed by atoms with Gasteiger partial charge in [-0.1, -0.05) is 13.3 Å². The first-order valence-electron chi connectivity index (χ1n) is 6.67. The highest BCUT2D eigenvalue weighted by Crippen LogP contribution is 2.25. The summed E-state index contributed by atoms with van der Waals surface area (Å²) in [6.45, 7) is 2.65. The first-order valence-corrected chi connectivity index (χ1v) is 6.67. The Hall–Kier alpha value is -1.82. The van der Waals surface area contributed by atoms with Gasteiger partial charge in [-0.05, 0) is 30.9 Å². The maximum absolute atomic E-state index is 13.3. The zero-order valence-electron chi connectivity index (χ0n) is 11.5. The normalized spacial score (nSPS) is 12.2. The van der Waals surface area contributed by atoms with Crippen LogP contribution in [0.5, 0.6) is 0 Å². The highest BCUT2D eigenvalue weighted by atomic mass is 19.1. The molecule has 5 N–H and O–H groups in total. The second kappa shape index (κ2) is 7.69. The number of aliphatic hydroxyl groups excluding tert-OH is 1. The number of hydrogen-bond donors (Lipinski definition) is 4. The lowest BCUT2D eigenvalue weighted by atomic mass is 10.00. The van der Waals surface area contributed by atoms with Crippen LogP contribution in [0.4, 0.5) is 15.8 Å². The number of aliphatic hydroxyl groups is 1. The Morgan fingerprint density at radius 1 is 1.45 bits per heavy atom. The van der Waals surface area contributed by atoms with E-state index < -0.39 is 11.8 Å². The fourth-order valence-corrected chi connectivity index (χ4v) is 2.17. The third kappa shape index (κ3) is 4.09. The molecule has 1 aromatic carbocycles. The number of carboxylic acids is 1. The van der Waals surface area contributed by atoms with Crippen molar-refractivity contribution in [2.75, 3.05) is 24.2 Å². The molecule has 0 spiro atoms. The lowest BCUT2D eigenvalue weighted by Crippen LogP contribution is -2.18. The number of hydrogen-bond acceptors (Lipinski definition) is 4. The van der Waals surface area contributed by atoms with E-state index in [1.54, 1.807) is 0 Å². The molecular weight excluding hydrogens is 263 g/mol. The average Bonchev–Trinajstić information content (AvgIpc) is 2.39. The molecule has 0 aliphatic heterocycles. The summed E-state index contributed by atoms with van der Waals surface area (Å²) in [5, 5.41) is 21.1. The van der Waals surface area contributed by atoms with Gasteiger partial charge in [0.05, 0.1) is 11.4 Å². The van der Waals surface area contributed by atoms with E-state index >= 15 is 0 Å². The van der Waals surface area contributed by atoms with Crippen LogP contribution in [0.1, 0.15) is 36.5 Å². The molecule has 0 fully saturated rings. The second-order valence-electron chi connectivity index (χ2n) is 4.74. The molecule has 0 amide bonds. The Morgan fingerprint density at radius 2 is 2.15 bits per heavy atom. The van der Waals surface area contributed by atoms with Crippen molar-refractivity contribution in [3.8, 4) is 0 Å². The van der Waals surface area contributed by atoms with Gasteiger partial charge in [0.15, 0.2) is 0 Å². The average molecular weight is 284 g/mol. The number of rotatable bonds is 8. The third-order valence-corrected chi connectivity index (χ3v) is 3.22. The van der Waals surface area contributed by atoms with E-state index in [4.69, 9.17) is 15.9 Å². The Kier molecular flexibility index (Phi) is 6.24. The maximum atomic E-state index is 13.3. The minimum absolute atomic E-state index is 0.0870. The summed E-state index contributed by atoms with van der Waals surface area (Å²) in [5.41, 5.74) is 5.16. The molecule has 0 heterocycles. The number of aromatic carboxylic acids is 1. The Balaban J connectivity index is 2.86. The number of carbonyl (C=O) groups is 1. The van der Waals surface area contributed by atoms with E-state index in [1.807, 2.05) is 6.92 Å². The standard InChI is InChI=1S/C14H21FN2O3/c1-2-3-9(6-7-18)8-17-11-5-4-10(15)13(16)12(11)14(19)20/h4-5,9,17-18H,2-3,6-8,16H2,1H3,(H,19,20). The molecule has 0 saturated heterocycles. The van der Waals surface area contributed by atoms with Crippen molar-refractivity contribution in [2.24, 2.45) is 5.92 Å². The van der Waals surface area contributed by atoms with Crippen molar-refractivity contribution in [1.29, 1.82) is 0 Å². The van der Waals surface area contributed by atoms with Gasteiger partial charge in [0.1, 0.15) is 11.4 Å². The first kappa shape index (κ1) is 16.2. The van der Waals surface area contributed by atoms with Crippen LogP contribution in [0.2, 0.25) is 0 Å². The largest absolute Gasteiger partial charge is 0.478 e. The lowest BCUT2D eigenvalue weighted by molar-refractivity contribution is 0.0698. The highest BCUT2D eigenvalue weighted by Gasteiger charge is 2.18. The van der Waals surface area contributed by atoms with E-state index in [2.05, 4.69) is 5.32 Å². The second-order valence-corrected chi connectivity index (χ2v) is 4.74. The van der Waals surface area contributed by atoms with Gasteiger partial charge in [-0.3, -0.25) is 0 Å². The molecule has 0 aliphatic rings. The van der Waals surface area contributed by atoms with Crippen LogP contribution in [0.15, 0.2) is 12.1 Å². The molecule has 1 atom stereocenters. The number of nitrogens with one attached hydrogen (secondary N) is 1. The summed E-state index contributed by atoms with van der Waals surface area (Å²) in [4.78, 5) is 11.2. The zero-order chi connectivity index (χ0) is 15.1. The van der Waals surface area contributed by atoms with Crippen LogP contribution >= 0.6 is 0 Å². The van der Waals surface area contributed by atoms with Gasteiger partial charge in [0.25, 0.3) is 0 Å². The van der Waals surface area contributed by atoms with E-state index in [1.165, 1.54) is 6.07 Å². The van der Waals surface area contributed by atoms with Crippen molar-refractivity contribution in [3.63, 3.8) is 0 Å². The SMILES string of the molecule is CCCC(CCO)CNc1ccc(F)c(N)c1C(=O)O. The molecule has 1 aromatic rings. The number of nitrogens with two attached hydrogens (primary N) is 1. The number of benzene rings is 1. The molecule has 20 heavy (non-hydrogen) atoms. The van der Waals surface area contributed by atoms with Crippen molar-refractivity contribution < 1.29 is 19.4 Å². The smallest absolute Gasteiger partial charge is 0.340 e. The summed E-state index contributed by atoms with van der Waals surface area (Å²) < 4.78 is 13.3. The monoisotopic (exact) mass is 284 g/mol. The molecule has 1 unspecified atom stereocenters. The van der Waals surface area contributed by atoms with Crippen LogP contribution < -0.4 is 11.1 Å². The summed E-state index contributed by atoms with van der Waals surface area (Å²) in [6, 6.07) is 2.52. The van der Waals surface area contributed by atoms with Crippen molar-refractivity contribution in [1.82, 2.24) is 0 Å². The molecule has 112 valence electrons. The van der Waals surface area contributed by atoms with Gasteiger partial charge >= 0.3 is 5.97 Å². The first-order chi connectivity index (χ1) is 9.51. The summed E-state index contributed by atoms with van der Waals surface area (Å²) in [6.07, 6.45) is 2.54. The van der Waals surface area contributed by atoms with Crippen LogP contribution in [0.25, 0.3) is 0 Å². The quantitative estimate of drug-likeness (QED) is 0.549. The Bertz CT molecular complexity index is 460. The lowest BCUT2D eigenvalue weighted by Gasteiger charge is -2.18. The molecule has 0 bridgehead atoms. The van der Waals surface area contributed by atoms with Crippen LogP contribution in [-0.4, -0.2) is 29.3 Å². The number of nitrogen functional groups attached to an aromatic ring is 1. The summed E-state index contributed by atoms with van der Waals surface area (Å²) >= 11 is 0. The molecule has 0 aromatic heterocycles. The Labute approximate surface area is 117 Å². The van der Waals surface area contributed by atoms with E-state index in [-0.39, 0.29) is 23.8 Å². The van der Waals surface area contributed by atoms with Gasteiger partial charge in [0, 0.05) is 13.2 Å². The van der Waals surface area contributed by atoms with Gasteiger partial charge in [-0.25, -0.2) is 9.18 Å². The fourth-order valence-electron chi connectivity index (χ4n) is 2.17. The van der Waals surface area contributed by atoms with Crippen LogP contribution in [-0.2, 0) is 0 Å². The van der Waals surface area contributed by atoms with Crippen molar-refractivity contribution in [3.05, 3.63) is 23.5 Å². The van der Waals surface area contributed by atoms with Gasteiger partial charge in [-0.2, -0.15) is 0 Å². The van der Waals surface area contributed by atoms with E-state index in [9.17, 15) is 9.18 Å². The van der Waals surface area contributed by atoms with Crippen molar-refractivity contribution >= 4 is 17.3 Å². The molecule has 0 saturated carbocycles. The van der Waals surface area contributed by atoms with Crippen LogP contribution in [0, 0.1) is 11.7 Å². The molecule has 1 rings (SSSR count). The topological polar surface area (TPSA) is 95.6 Å². The number of anilines is 2. The predicted octanol–water partition coefficient (Wildman–Crippen LogP) is 2.32.